The molecule has 0 saturated carbocycles. The van der Waals surface area contributed by atoms with Crippen LogP contribution in [-0.2, 0) is 4.79 Å². The maximum atomic E-state index is 13.5. The second-order valence-electron chi connectivity index (χ2n) is 10.1. The van der Waals surface area contributed by atoms with Crippen LogP contribution in [0.15, 0.2) is 60.8 Å². The van der Waals surface area contributed by atoms with Crippen molar-refractivity contribution in [3.8, 4) is 11.3 Å². The summed E-state index contributed by atoms with van der Waals surface area (Å²) in [5.41, 5.74) is 3.53. The number of halogens is 2. The summed E-state index contributed by atoms with van der Waals surface area (Å²) in [6.45, 7) is 6.77. The molecule has 0 aliphatic carbocycles. The van der Waals surface area contributed by atoms with Crippen molar-refractivity contribution in [2.45, 2.75) is 38.8 Å². The average Bonchev–Trinajstić information content (AvgIpc) is 3.36. The Hall–Kier alpha value is -3.82. The SMILES string of the molecule is CC(C)c1cc(-c2ccc(F)cc2)nn2cc(C(=O)N3CCN(C(=O)[C@H](O)c4ccccc4Cl)[C@@H](C)C3)nc12. The van der Waals surface area contributed by atoms with Crippen molar-refractivity contribution in [3.63, 3.8) is 0 Å². The standard InChI is InChI=1S/C29H29ClFN5O3/c1-17(2)22-14-24(19-8-10-20(31)11-9-19)33-36-16-25(32-27(22)36)28(38)34-12-13-35(18(3)15-34)29(39)26(37)21-6-4-5-7-23(21)30/h4-11,14,16-18,26,37H,12-13,15H2,1-3H3/t18-,26+/m0/s1. The molecule has 8 nitrogen and oxygen atoms in total. The number of fused-ring (bicyclic) bond motifs is 1. The highest BCUT2D eigenvalue weighted by Crippen LogP contribution is 2.28. The van der Waals surface area contributed by atoms with E-state index < -0.39 is 12.0 Å². The molecule has 0 spiro atoms. The van der Waals surface area contributed by atoms with Crippen LogP contribution in [0.5, 0.6) is 0 Å². The van der Waals surface area contributed by atoms with E-state index in [1.807, 2.05) is 26.8 Å². The van der Waals surface area contributed by atoms with Crippen molar-refractivity contribution in [3.05, 3.63) is 88.5 Å². The molecule has 4 aromatic rings. The zero-order chi connectivity index (χ0) is 27.8. The van der Waals surface area contributed by atoms with Crippen molar-refractivity contribution in [2.24, 2.45) is 0 Å². The number of aliphatic hydroxyl groups excluding tert-OH is 1. The van der Waals surface area contributed by atoms with Gasteiger partial charge in [0.2, 0.25) is 0 Å². The molecule has 2 amide bonds. The van der Waals surface area contributed by atoms with Crippen LogP contribution in [0.3, 0.4) is 0 Å². The maximum absolute atomic E-state index is 13.5. The zero-order valence-electron chi connectivity index (χ0n) is 21.9. The molecule has 1 N–H and O–H groups in total. The summed E-state index contributed by atoms with van der Waals surface area (Å²) < 4.78 is 15.0. The van der Waals surface area contributed by atoms with Crippen LogP contribution in [0, 0.1) is 5.82 Å². The lowest BCUT2D eigenvalue weighted by Crippen LogP contribution is -2.56. The predicted octanol–water partition coefficient (Wildman–Crippen LogP) is 4.72. The first kappa shape index (κ1) is 26.8. The smallest absolute Gasteiger partial charge is 0.274 e. The van der Waals surface area contributed by atoms with Gasteiger partial charge in [0.1, 0.15) is 11.5 Å². The van der Waals surface area contributed by atoms with Gasteiger partial charge in [-0.05, 0) is 49.2 Å². The molecule has 5 rings (SSSR count). The first-order valence-corrected chi connectivity index (χ1v) is 13.2. The van der Waals surface area contributed by atoms with Crippen LogP contribution in [0.4, 0.5) is 4.39 Å². The van der Waals surface area contributed by atoms with E-state index in [1.54, 1.807) is 56.9 Å². The summed E-state index contributed by atoms with van der Waals surface area (Å²) in [7, 11) is 0. The Kier molecular flexibility index (Phi) is 7.38. The highest BCUT2D eigenvalue weighted by molar-refractivity contribution is 6.31. The van der Waals surface area contributed by atoms with E-state index in [4.69, 9.17) is 11.6 Å². The second-order valence-corrected chi connectivity index (χ2v) is 10.5. The molecule has 1 saturated heterocycles. The summed E-state index contributed by atoms with van der Waals surface area (Å²) in [5, 5.41) is 15.6. The van der Waals surface area contributed by atoms with Gasteiger partial charge in [-0.2, -0.15) is 5.10 Å². The third kappa shape index (κ3) is 5.24. The van der Waals surface area contributed by atoms with E-state index >= 15 is 0 Å². The van der Waals surface area contributed by atoms with E-state index in [0.29, 0.717) is 35.0 Å². The van der Waals surface area contributed by atoms with Crippen LogP contribution in [0.2, 0.25) is 5.02 Å². The number of carbonyl (C=O) groups excluding carboxylic acids is 2. The lowest BCUT2D eigenvalue weighted by atomic mass is 10.0. The molecular formula is C29H29ClFN5O3. The number of rotatable bonds is 5. The number of aliphatic hydroxyl groups is 1. The van der Waals surface area contributed by atoms with Crippen molar-refractivity contribution in [1.29, 1.82) is 0 Å². The van der Waals surface area contributed by atoms with Crippen LogP contribution in [-0.4, -0.2) is 67.0 Å². The summed E-state index contributed by atoms with van der Waals surface area (Å²) >= 11 is 6.17. The molecule has 2 aromatic heterocycles. The fourth-order valence-corrected chi connectivity index (χ4v) is 5.15. The summed E-state index contributed by atoms with van der Waals surface area (Å²) in [6.07, 6.45) is 0.234. The van der Waals surface area contributed by atoms with Gasteiger partial charge in [-0.15, -0.1) is 0 Å². The third-order valence-electron chi connectivity index (χ3n) is 7.07. The van der Waals surface area contributed by atoms with Crippen molar-refractivity contribution in [2.75, 3.05) is 19.6 Å². The lowest BCUT2D eigenvalue weighted by Gasteiger charge is -2.40. The number of nitrogens with zero attached hydrogens (tertiary/aromatic N) is 5. The normalized spacial score (nSPS) is 16.6. The van der Waals surface area contributed by atoms with Gasteiger partial charge in [0.05, 0.1) is 11.9 Å². The Labute approximate surface area is 230 Å². The number of hydrogen-bond acceptors (Lipinski definition) is 5. The Morgan fingerprint density at radius 3 is 2.46 bits per heavy atom. The van der Waals surface area contributed by atoms with E-state index in [0.717, 1.165) is 11.1 Å². The van der Waals surface area contributed by atoms with Gasteiger partial charge in [-0.1, -0.05) is 43.6 Å². The van der Waals surface area contributed by atoms with Gasteiger partial charge in [-0.3, -0.25) is 9.59 Å². The van der Waals surface area contributed by atoms with Gasteiger partial charge >= 0.3 is 0 Å². The molecular weight excluding hydrogens is 521 g/mol. The minimum absolute atomic E-state index is 0.110. The first-order chi connectivity index (χ1) is 18.6. The molecule has 10 heteroatoms. The van der Waals surface area contributed by atoms with Crippen molar-refractivity contribution >= 4 is 29.1 Å². The van der Waals surface area contributed by atoms with Gasteiger partial charge in [0.25, 0.3) is 11.8 Å². The second kappa shape index (κ2) is 10.7. The maximum Gasteiger partial charge on any atom is 0.274 e. The van der Waals surface area contributed by atoms with Crippen LogP contribution >= 0.6 is 11.6 Å². The van der Waals surface area contributed by atoms with E-state index in [9.17, 15) is 19.1 Å². The van der Waals surface area contributed by atoms with Crippen molar-refractivity contribution in [1.82, 2.24) is 24.4 Å². The number of aromatic nitrogens is 3. The lowest BCUT2D eigenvalue weighted by molar-refractivity contribution is -0.144. The molecule has 1 aliphatic rings. The highest BCUT2D eigenvalue weighted by atomic mass is 35.5. The largest absolute Gasteiger partial charge is 0.378 e. The van der Waals surface area contributed by atoms with Gasteiger partial charge in [0, 0.05) is 47.4 Å². The summed E-state index contributed by atoms with van der Waals surface area (Å²) in [5.74, 6) is -0.924. The molecule has 1 fully saturated rings. The highest BCUT2D eigenvalue weighted by Gasteiger charge is 2.34. The third-order valence-corrected chi connectivity index (χ3v) is 7.41. The molecule has 3 heterocycles. The zero-order valence-corrected chi connectivity index (χ0v) is 22.6. The summed E-state index contributed by atoms with van der Waals surface area (Å²) in [4.78, 5) is 34.4. The molecule has 202 valence electrons. The topological polar surface area (TPSA) is 91.0 Å². The Morgan fingerprint density at radius 1 is 1.08 bits per heavy atom. The monoisotopic (exact) mass is 549 g/mol. The number of benzene rings is 2. The van der Waals surface area contributed by atoms with Gasteiger partial charge < -0.3 is 14.9 Å². The minimum Gasteiger partial charge on any atom is -0.378 e. The van der Waals surface area contributed by atoms with E-state index in [-0.39, 0.29) is 35.9 Å². The molecule has 0 radical (unpaired) electrons. The fourth-order valence-electron chi connectivity index (χ4n) is 4.91. The van der Waals surface area contributed by atoms with Crippen LogP contribution < -0.4 is 0 Å². The van der Waals surface area contributed by atoms with Gasteiger partial charge in [-0.25, -0.2) is 13.9 Å². The van der Waals surface area contributed by atoms with Gasteiger partial charge in [0.15, 0.2) is 11.8 Å². The Morgan fingerprint density at radius 2 is 1.79 bits per heavy atom. The average molecular weight is 550 g/mol. The fraction of sp³-hybridized carbons (Fsp3) is 0.310. The van der Waals surface area contributed by atoms with Crippen molar-refractivity contribution < 1.29 is 19.1 Å². The van der Waals surface area contributed by atoms with E-state index in [1.165, 1.54) is 12.1 Å². The van der Waals surface area contributed by atoms with E-state index in [2.05, 4.69) is 10.1 Å². The summed E-state index contributed by atoms with van der Waals surface area (Å²) in [6, 6.07) is 14.4. The minimum atomic E-state index is -1.38. The van der Waals surface area contributed by atoms with Crippen LogP contribution in [0.1, 0.15) is 54.4 Å². The molecule has 39 heavy (non-hydrogen) atoms. The number of imidazole rings is 1. The molecule has 0 bridgehead atoms. The van der Waals surface area contributed by atoms with Crippen LogP contribution in [0.25, 0.3) is 16.9 Å². The molecule has 0 unspecified atom stereocenters. The first-order valence-electron chi connectivity index (χ1n) is 12.8. The Bertz CT molecular complexity index is 1540. The molecule has 1 aliphatic heterocycles. The number of amides is 2. The Balaban J connectivity index is 1.36. The quantitative estimate of drug-likeness (QED) is 0.389. The molecule has 2 atom stereocenters. The number of piperazine rings is 1. The molecule has 2 aromatic carbocycles. The number of hydrogen-bond donors (Lipinski definition) is 1. The predicted molar refractivity (Wildman–Crippen MR) is 146 cm³/mol. The number of carbonyl (C=O) groups is 2.